The van der Waals surface area contributed by atoms with Crippen LogP contribution in [0.25, 0.3) is 17.0 Å². The van der Waals surface area contributed by atoms with Crippen LogP contribution < -0.4 is 4.74 Å². The van der Waals surface area contributed by atoms with Crippen LogP contribution in [0.3, 0.4) is 0 Å². The molecule has 2 heterocycles. The maximum atomic E-state index is 12.3. The highest BCUT2D eigenvalue weighted by atomic mass is 35.5. The molecule has 23 heavy (non-hydrogen) atoms. The first-order valence-corrected chi connectivity index (χ1v) is 7.74. The molecular weight excluding hydrogens is 312 g/mol. The maximum absolute atomic E-state index is 12.3. The number of rotatable bonds is 3. The zero-order chi connectivity index (χ0) is 15.8. The van der Waals surface area contributed by atoms with Gasteiger partial charge in [0.2, 0.25) is 5.78 Å². The average molecular weight is 325 g/mol. The monoisotopic (exact) mass is 324 g/mol. The molecule has 3 aromatic rings. The van der Waals surface area contributed by atoms with E-state index >= 15 is 0 Å². The van der Waals surface area contributed by atoms with Crippen molar-refractivity contribution in [1.29, 1.82) is 0 Å². The third kappa shape index (κ3) is 2.76. The molecule has 0 bridgehead atoms. The van der Waals surface area contributed by atoms with Gasteiger partial charge in [0.15, 0.2) is 5.76 Å². The number of ether oxygens (including phenoxy) is 1. The van der Waals surface area contributed by atoms with Crippen LogP contribution in [0, 0.1) is 0 Å². The summed E-state index contributed by atoms with van der Waals surface area (Å²) >= 11 is 5.94. The lowest BCUT2D eigenvalue weighted by atomic mass is 10.1. The van der Waals surface area contributed by atoms with Crippen molar-refractivity contribution >= 4 is 34.4 Å². The fourth-order valence-corrected chi connectivity index (χ4v) is 2.88. The second kappa shape index (κ2) is 5.60. The van der Waals surface area contributed by atoms with Crippen LogP contribution >= 0.6 is 11.6 Å². The summed E-state index contributed by atoms with van der Waals surface area (Å²) in [5, 5.41) is 1.44. The van der Waals surface area contributed by atoms with E-state index in [-0.39, 0.29) is 5.78 Å². The first-order chi connectivity index (χ1) is 11.2. The summed E-state index contributed by atoms with van der Waals surface area (Å²) in [7, 11) is 0. The van der Waals surface area contributed by atoms with Gasteiger partial charge in [0, 0.05) is 16.8 Å². The van der Waals surface area contributed by atoms with Gasteiger partial charge >= 0.3 is 0 Å². The third-order valence-corrected chi connectivity index (χ3v) is 4.10. The zero-order valence-electron chi connectivity index (χ0n) is 12.2. The Morgan fingerprint density at radius 1 is 1.13 bits per heavy atom. The fraction of sp³-hybridized carbons (Fsp3) is 0.105. The van der Waals surface area contributed by atoms with Gasteiger partial charge in [-0.1, -0.05) is 23.7 Å². The normalized spacial score (nSPS) is 13.4. The molecule has 0 spiro atoms. The molecule has 0 aliphatic carbocycles. The van der Waals surface area contributed by atoms with Gasteiger partial charge in [-0.05, 0) is 53.6 Å². The van der Waals surface area contributed by atoms with Crippen LogP contribution in [0.2, 0.25) is 5.02 Å². The number of hydrogen-bond acceptors (Lipinski definition) is 3. The molecule has 4 heteroatoms. The molecule has 0 saturated heterocycles. The highest BCUT2D eigenvalue weighted by Crippen LogP contribution is 2.27. The van der Waals surface area contributed by atoms with Crippen molar-refractivity contribution in [1.82, 2.24) is 0 Å². The Kier molecular flexibility index (Phi) is 3.43. The molecule has 2 aromatic carbocycles. The van der Waals surface area contributed by atoms with Gasteiger partial charge in [0.05, 0.1) is 6.61 Å². The molecule has 3 nitrogen and oxygen atoms in total. The lowest BCUT2D eigenvalue weighted by Crippen LogP contribution is -1.90. The number of ketones is 1. The maximum Gasteiger partial charge on any atom is 0.221 e. The molecular formula is C19H13ClO3. The SMILES string of the molecule is O=C(/C=C/c1ccc2c(c1)CCO2)c1cc2cc(Cl)ccc2o1. The molecule has 4 rings (SSSR count). The molecule has 1 aromatic heterocycles. The topological polar surface area (TPSA) is 39.4 Å². The van der Waals surface area contributed by atoms with Crippen molar-refractivity contribution in [2.24, 2.45) is 0 Å². The lowest BCUT2D eigenvalue weighted by molar-refractivity contribution is 0.102. The summed E-state index contributed by atoms with van der Waals surface area (Å²) in [5.74, 6) is 1.07. The van der Waals surface area contributed by atoms with Crippen LogP contribution in [0.4, 0.5) is 0 Å². The number of fused-ring (bicyclic) bond motifs is 2. The van der Waals surface area contributed by atoms with E-state index in [0.29, 0.717) is 16.4 Å². The predicted molar refractivity (Wildman–Crippen MR) is 90.2 cm³/mol. The van der Waals surface area contributed by atoms with Crippen LogP contribution in [0.5, 0.6) is 5.75 Å². The van der Waals surface area contributed by atoms with Crippen LogP contribution in [-0.2, 0) is 6.42 Å². The van der Waals surface area contributed by atoms with Crippen molar-refractivity contribution < 1.29 is 13.9 Å². The number of benzene rings is 2. The minimum Gasteiger partial charge on any atom is -0.493 e. The standard InChI is InChI=1S/C19H13ClO3/c20-15-3-6-18-14(10-15)11-19(23-18)16(21)4-1-12-2-5-17-13(9-12)7-8-22-17/h1-6,9-11H,7-8H2/b4-1+. The minimum atomic E-state index is -0.172. The summed E-state index contributed by atoms with van der Waals surface area (Å²) in [6.45, 7) is 0.725. The van der Waals surface area contributed by atoms with E-state index in [9.17, 15) is 4.79 Å². The van der Waals surface area contributed by atoms with Gasteiger partial charge in [-0.15, -0.1) is 0 Å². The van der Waals surface area contributed by atoms with E-state index in [1.807, 2.05) is 18.2 Å². The molecule has 0 amide bonds. The zero-order valence-corrected chi connectivity index (χ0v) is 13.0. The Hall–Kier alpha value is -2.52. The van der Waals surface area contributed by atoms with Crippen molar-refractivity contribution in [3.8, 4) is 5.75 Å². The Labute approximate surface area is 138 Å². The summed E-state index contributed by atoms with van der Waals surface area (Å²) in [5.41, 5.74) is 2.81. The average Bonchev–Trinajstić information content (AvgIpc) is 3.17. The molecule has 114 valence electrons. The predicted octanol–water partition coefficient (Wildman–Crippen LogP) is 4.92. The Bertz CT molecular complexity index is 937. The number of allylic oxidation sites excluding steroid dienone is 1. The van der Waals surface area contributed by atoms with Gasteiger partial charge in [-0.2, -0.15) is 0 Å². The van der Waals surface area contributed by atoms with Crippen LogP contribution in [0.1, 0.15) is 21.7 Å². The Morgan fingerprint density at radius 3 is 2.96 bits per heavy atom. The van der Waals surface area contributed by atoms with Crippen molar-refractivity contribution in [3.63, 3.8) is 0 Å². The van der Waals surface area contributed by atoms with Crippen LogP contribution in [-0.4, -0.2) is 12.4 Å². The van der Waals surface area contributed by atoms with Crippen LogP contribution in [0.15, 0.2) is 53.0 Å². The molecule has 1 aliphatic rings. The first kappa shape index (κ1) is 14.1. The van der Waals surface area contributed by atoms with Crippen molar-refractivity contribution in [3.05, 3.63) is 70.5 Å². The van der Waals surface area contributed by atoms with E-state index in [1.54, 1.807) is 30.3 Å². The summed E-state index contributed by atoms with van der Waals surface area (Å²) < 4.78 is 11.0. The van der Waals surface area contributed by atoms with Gasteiger partial charge in [-0.25, -0.2) is 0 Å². The van der Waals surface area contributed by atoms with Gasteiger partial charge in [0.25, 0.3) is 0 Å². The molecule has 0 saturated carbocycles. The Balaban J connectivity index is 1.58. The lowest BCUT2D eigenvalue weighted by Gasteiger charge is -1.99. The van der Waals surface area contributed by atoms with Crippen molar-refractivity contribution in [2.75, 3.05) is 6.61 Å². The summed E-state index contributed by atoms with van der Waals surface area (Å²) in [4.78, 5) is 12.3. The summed E-state index contributed by atoms with van der Waals surface area (Å²) in [6.07, 6.45) is 4.23. The molecule has 0 N–H and O–H groups in total. The highest BCUT2D eigenvalue weighted by molar-refractivity contribution is 6.31. The van der Waals surface area contributed by atoms with Crippen molar-refractivity contribution in [2.45, 2.75) is 6.42 Å². The number of furan rings is 1. The minimum absolute atomic E-state index is 0.172. The van der Waals surface area contributed by atoms with E-state index in [2.05, 4.69) is 0 Å². The van der Waals surface area contributed by atoms with E-state index in [1.165, 1.54) is 11.6 Å². The molecule has 0 radical (unpaired) electrons. The number of carbonyl (C=O) groups is 1. The Morgan fingerprint density at radius 2 is 2.04 bits per heavy atom. The molecule has 1 aliphatic heterocycles. The molecule has 0 unspecified atom stereocenters. The quantitative estimate of drug-likeness (QED) is 0.507. The van der Waals surface area contributed by atoms with Gasteiger partial charge < -0.3 is 9.15 Å². The van der Waals surface area contributed by atoms with Gasteiger partial charge in [0.1, 0.15) is 11.3 Å². The van der Waals surface area contributed by atoms with E-state index < -0.39 is 0 Å². The van der Waals surface area contributed by atoms with Gasteiger partial charge in [-0.3, -0.25) is 4.79 Å². The van der Waals surface area contributed by atoms with E-state index in [4.69, 9.17) is 20.8 Å². The third-order valence-electron chi connectivity index (χ3n) is 3.86. The largest absolute Gasteiger partial charge is 0.493 e. The number of hydrogen-bond donors (Lipinski definition) is 0. The number of halogens is 1. The van der Waals surface area contributed by atoms with E-state index in [0.717, 1.165) is 29.7 Å². The number of carbonyl (C=O) groups excluding carboxylic acids is 1. The molecule has 0 fully saturated rings. The first-order valence-electron chi connectivity index (χ1n) is 7.36. The smallest absolute Gasteiger partial charge is 0.221 e. The molecule has 0 atom stereocenters. The summed E-state index contributed by atoms with van der Waals surface area (Å²) in [6, 6.07) is 12.9. The second-order valence-electron chi connectivity index (χ2n) is 5.46. The highest BCUT2D eigenvalue weighted by Gasteiger charge is 2.12. The second-order valence-corrected chi connectivity index (χ2v) is 5.89. The fourth-order valence-electron chi connectivity index (χ4n) is 2.70.